The van der Waals surface area contributed by atoms with Crippen molar-refractivity contribution >= 4 is 17.5 Å². The summed E-state index contributed by atoms with van der Waals surface area (Å²) in [5.41, 5.74) is -1.39. The highest BCUT2D eigenvalue weighted by Crippen LogP contribution is 2.40. The van der Waals surface area contributed by atoms with Gasteiger partial charge in [-0.1, -0.05) is 20.8 Å². The second-order valence-electron chi connectivity index (χ2n) is 10.6. The number of hydrogen-bond donors (Lipinski definition) is 0. The van der Waals surface area contributed by atoms with E-state index in [1.165, 1.54) is 6.07 Å². The van der Waals surface area contributed by atoms with Gasteiger partial charge in [-0.25, -0.2) is 0 Å². The van der Waals surface area contributed by atoms with Gasteiger partial charge in [-0.3, -0.25) is 9.59 Å². The van der Waals surface area contributed by atoms with Crippen molar-refractivity contribution in [1.82, 2.24) is 9.80 Å². The van der Waals surface area contributed by atoms with Gasteiger partial charge in [0.25, 0.3) is 0 Å². The van der Waals surface area contributed by atoms with Crippen LogP contribution in [-0.2, 0) is 15.8 Å². The van der Waals surface area contributed by atoms with Crippen LogP contribution in [-0.4, -0.2) is 61.9 Å². The van der Waals surface area contributed by atoms with E-state index < -0.39 is 17.2 Å². The van der Waals surface area contributed by atoms with Crippen LogP contribution in [0.25, 0.3) is 0 Å². The highest BCUT2D eigenvalue weighted by molar-refractivity contribution is 5.84. The number of likely N-dealkylation sites (tertiary alicyclic amines) is 1. The number of benzene rings is 1. The Bertz CT molecular complexity index is 970. The van der Waals surface area contributed by atoms with E-state index in [1.54, 1.807) is 36.0 Å². The number of hydrogen-bond acceptors (Lipinski definition) is 4. The molecule has 2 aliphatic heterocycles. The summed E-state index contributed by atoms with van der Waals surface area (Å²) in [5.74, 6) is -0.0113. The van der Waals surface area contributed by atoms with Crippen molar-refractivity contribution in [3.63, 3.8) is 0 Å². The summed E-state index contributed by atoms with van der Waals surface area (Å²) >= 11 is 0. The lowest BCUT2D eigenvalue weighted by atomic mass is 9.78. The van der Waals surface area contributed by atoms with E-state index in [4.69, 9.17) is 5.26 Å². The van der Waals surface area contributed by atoms with E-state index in [1.807, 2.05) is 25.7 Å². The van der Waals surface area contributed by atoms with Crippen LogP contribution in [0.4, 0.5) is 18.9 Å². The molecular formula is C25H33F3N4O2. The maximum absolute atomic E-state index is 13.4. The third kappa shape index (κ3) is 5.31. The lowest BCUT2D eigenvalue weighted by Crippen LogP contribution is -2.41. The Labute approximate surface area is 199 Å². The zero-order chi connectivity index (χ0) is 25.4. The Balaban J connectivity index is 1.76. The third-order valence-electron chi connectivity index (χ3n) is 6.99. The standard InChI is InChI=1S/C25H33F3N4O2/c1-24(2,3)23(34)32-14-19(20(15-32)22(33)30(4)5)16-8-10-31(11-9-16)18-7-6-17(13-29)21(12-18)25(26,27)28/h6-7,12,16,19-20H,8-11,14-15H2,1-5H3/t19-,20+/m0/s1. The molecule has 2 heterocycles. The summed E-state index contributed by atoms with van der Waals surface area (Å²) in [6.45, 7) is 7.66. The van der Waals surface area contributed by atoms with Gasteiger partial charge in [-0.05, 0) is 42.9 Å². The fourth-order valence-electron chi connectivity index (χ4n) is 5.19. The molecule has 0 aliphatic carbocycles. The number of alkyl halides is 3. The Morgan fingerprint density at radius 2 is 1.71 bits per heavy atom. The molecule has 0 bridgehead atoms. The Morgan fingerprint density at radius 1 is 1.09 bits per heavy atom. The van der Waals surface area contributed by atoms with Gasteiger partial charge in [0.2, 0.25) is 11.8 Å². The normalized spacial score (nSPS) is 22.0. The molecule has 3 rings (SSSR count). The average Bonchev–Trinajstić information content (AvgIpc) is 3.21. The van der Waals surface area contributed by atoms with Gasteiger partial charge >= 0.3 is 6.18 Å². The maximum atomic E-state index is 13.4. The minimum atomic E-state index is -4.59. The molecule has 2 fully saturated rings. The summed E-state index contributed by atoms with van der Waals surface area (Å²) in [7, 11) is 3.44. The Morgan fingerprint density at radius 3 is 2.21 bits per heavy atom. The van der Waals surface area contributed by atoms with Crippen LogP contribution in [0.15, 0.2) is 18.2 Å². The number of carbonyl (C=O) groups excluding carboxylic acids is 2. The van der Waals surface area contributed by atoms with Crippen LogP contribution < -0.4 is 4.90 Å². The zero-order valence-corrected chi connectivity index (χ0v) is 20.4. The van der Waals surface area contributed by atoms with Gasteiger partial charge in [0.1, 0.15) is 0 Å². The molecule has 0 N–H and O–H groups in total. The zero-order valence-electron chi connectivity index (χ0n) is 20.4. The molecule has 2 amide bonds. The van der Waals surface area contributed by atoms with Crippen LogP contribution in [0.5, 0.6) is 0 Å². The second-order valence-corrected chi connectivity index (χ2v) is 10.6. The lowest BCUT2D eigenvalue weighted by Gasteiger charge is -2.38. The molecule has 34 heavy (non-hydrogen) atoms. The monoisotopic (exact) mass is 478 g/mol. The van der Waals surface area contributed by atoms with E-state index >= 15 is 0 Å². The first kappa shape index (κ1) is 25.9. The van der Waals surface area contributed by atoms with Crippen LogP contribution in [0, 0.1) is 34.5 Å². The number of anilines is 1. The number of halogens is 3. The number of piperidine rings is 1. The van der Waals surface area contributed by atoms with Gasteiger partial charge in [-0.15, -0.1) is 0 Å². The van der Waals surface area contributed by atoms with E-state index in [2.05, 4.69) is 0 Å². The van der Waals surface area contributed by atoms with Crippen molar-refractivity contribution in [3.8, 4) is 6.07 Å². The Hall–Kier alpha value is -2.76. The second kappa shape index (κ2) is 9.47. The van der Waals surface area contributed by atoms with Gasteiger partial charge < -0.3 is 14.7 Å². The largest absolute Gasteiger partial charge is 0.417 e. The molecule has 2 aliphatic rings. The van der Waals surface area contributed by atoms with Crippen molar-refractivity contribution in [2.45, 2.75) is 39.8 Å². The predicted octanol–water partition coefficient (Wildman–Crippen LogP) is 4.00. The first-order valence-electron chi connectivity index (χ1n) is 11.6. The van der Waals surface area contributed by atoms with Crippen molar-refractivity contribution in [2.24, 2.45) is 23.2 Å². The molecule has 2 atom stereocenters. The van der Waals surface area contributed by atoms with Crippen molar-refractivity contribution in [2.75, 3.05) is 45.2 Å². The minimum absolute atomic E-state index is 0.0125. The smallest absolute Gasteiger partial charge is 0.372 e. The molecule has 2 saturated heterocycles. The molecule has 186 valence electrons. The fraction of sp³-hybridized carbons (Fsp3) is 0.640. The van der Waals surface area contributed by atoms with Gasteiger partial charge in [0.05, 0.1) is 23.1 Å². The maximum Gasteiger partial charge on any atom is 0.417 e. The van der Waals surface area contributed by atoms with Crippen LogP contribution in [0.3, 0.4) is 0 Å². The third-order valence-corrected chi connectivity index (χ3v) is 6.99. The topological polar surface area (TPSA) is 67.7 Å². The summed E-state index contributed by atoms with van der Waals surface area (Å²) < 4.78 is 40.1. The number of carbonyl (C=O) groups is 2. The number of nitrogens with zero attached hydrogens (tertiary/aromatic N) is 4. The molecule has 1 aromatic carbocycles. The Kier molecular flexibility index (Phi) is 7.20. The summed E-state index contributed by atoms with van der Waals surface area (Å²) in [6, 6.07) is 5.46. The molecule has 6 nitrogen and oxygen atoms in total. The average molecular weight is 479 g/mol. The van der Waals surface area contributed by atoms with Crippen LogP contribution in [0.2, 0.25) is 0 Å². The van der Waals surface area contributed by atoms with Gasteiger partial charge in [0, 0.05) is 51.4 Å². The number of nitriles is 1. The molecule has 0 aromatic heterocycles. The molecule has 0 spiro atoms. The fourth-order valence-corrected chi connectivity index (χ4v) is 5.19. The first-order chi connectivity index (χ1) is 15.7. The van der Waals surface area contributed by atoms with Crippen molar-refractivity contribution < 1.29 is 22.8 Å². The lowest BCUT2D eigenvalue weighted by molar-refractivity contribution is -0.139. The van der Waals surface area contributed by atoms with Crippen molar-refractivity contribution in [1.29, 1.82) is 5.26 Å². The highest BCUT2D eigenvalue weighted by Gasteiger charge is 2.46. The van der Waals surface area contributed by atoms with Crippen LogP contribution in [0.1, 0.15) is 44.7 Å². The quantitative estimate of drug-likeness (QED) is 0.659. The van der Waals surface area contributed by atoms with Gasteiger partial charge in [-0.2, -0.15) is 18.4 Å². The molecule has 0 saturated carbocycles. The van der Waals surface area contributed by atoms with E-state index in [9.17, 15) is 22.8 Å². The number of amides is 2. The number of rotatable bonds is 3. The SMILES string of the molecule is CN(C)C(=O)[C@@H]1CN(C(=O)C(C)(C)C)C[C@H]1C1CCN(c2ccc(C#N)c(C(F)(F)F)c2)CC1. The minimum Gasteiger partial charge on any atom is -0.372 e. The van der Waals surface area contributed by atoms with E-state index in [-0.39, 0.29) is 35.1 Å². The summed E-state index contributed by atoms with van der Waals surface area (Å²) in [4.78, 5) is 31.1. The van der Waals surface area contributed by atoms with Crippen molar-refractivity contribution in [3.05, 3.63) is 29.3 Å². The molecule has 0 unspecified atom stereocenters. The highest BCUT2D eigenvalue weighted by atomic mass is 19.4. The van der Waals surface area contributed by atoms with E-state index in [0.717, 1.165) is 18.9 Å². The summed E-state index contributed by atoms with van der Waals surface area (Å²) in [5, 5.41) is 9.04. The predicted molar refractivity (Wildman–Crippen MR) is 123 cm³/mol. The molecular weight excluding hydrogens is 445 g/mol. The summed E-state index contributed by atoms with van der Waals surface area (Å²) in [6.07, 6.45) is -3.15. The first-order valence-corrected chi connectivity index (χ1v) is 11.6. The molecule has 0 radical (unpaired) electrons. The molecule has 9 heteroatoms. The van der Waals surface area contributed by atoms with Gasteiger partial charge in [0.15, 0.2) is 0 Å². The van der Waals surface area contributed by atoms with Crippen LogP contribution >= 0.6 is 0 Å². The molecule has 1 aromatic rings. The van der Waals surface area contributed by atoms with E-state index in [0.29, 0.717) is 31.9 Å².